The molecule has 1 atom stereocenters. The molecule has 0 aliphatic carbocycles. The molecule has 0 saturated carbocycles. The lowest BCUT2D eigenvalue weighted by Gasteiger charge is -2.32. The standard InChI is InChI=1S/C24H28N2O5S/c1-17-7-3-4-16-26(17)32(29,30)19-13-11-18(12-14-19)23(27)25-15-6-9-20-21(24(28)31-2)8-5-10-22(20)25/h5,8,10-14,17H,3-4,6-7,9,15-16H2,1-2H3/t17-/m0/s1. The van der Waals surface area contributed by atoms with Crippen molar-refractivity contribution in [2.75, 3.05) is 25.1 Å². The Hall–Kier alpha value is -2.71. The van der Waals surface area contributed by atoms with Gasteiger partial charge in [0.1, 0.15) is 0 Å². The first kappa shape index (κ1) is 22.5. The highest BCUT2D eigenvalue weighted by atomic mass is 32.2. The normalized spacial score (nSPS) is 19.3. The summed E-state index contributed by atoms with van der Waals surface area (Å²) >= 11 is 0. The molecule has 7 nitrogen and oxygen atoms in total. The van der Waals surface area contributed by atoms with Crippen LogP contribution in [0.4, 0.5) is 5.69 Å². The van der Waals surface area contributed by atoms with Crippen LogP contribution in [0, 0.1) is 0 Å². The third kappa shape index (κ3) is 4.04. The highest BCUT2D eigenvalue weighted by Crippen LogP contribution is 2.32. The number of carbonyl (C=O) groups excluding carboxylic acids is 2. The number of amides is 1. The molecule has 0 unspecified atom stereocenters. The number of rotatable bonds is 4. The van der Waals surface area contributed by atoms with E-state index in [4.69, 9.17) is 4.74 Å². The van der Waals surface area contributed by atoms with Crippen molar-refractivity contribution in [2.45, 2.75) is 50.0 Å². The molecule has 0 spiro atoms. The van der Waals surface area contributed by atoms with E-state index in [0.717, 1.165) is 31.2 Å². The van der Waals surface area contributed by atoms with Crippen molar-refractivity contribution in [1.82, 2.24) is 4.31 Å². The predicted octanol–water partition coefficient (Wildman–Crippen LogP) is 3.63. The summed E-state index contributed by atoms with van der Waals surface area (Å²) in [4.78, 5) is 27.3. The Morgan fingerprint density at radius 3 is 2.44 bits per heavy atom. The molecule has 8 heteroatoms. The third-order valence-electron chi connectivity index (χ3n) is 6.35. The first-order valence-electron chi connectivity index (χ1n) is 11.0. The quantitative estimate of drug-likeness (QED) is 0.656. The van der Waals surface area contributed by atoms with Gasteiger partial charge in [-0.1, -0.05) is 12.5 Å². The zero-order chi connectivity index (χ0) is 22.9. The highest BCUT2D eigenvalue weighted by Gasteiger charge is 2.32. The fourth-order valence-electron chi connectivity index (χ4n) is 4.63. The largest absolute Gasteiger partial charge is 0.465 e. The van der Waals surface area contributed by atoms with Crippen LogP contribution in [0.2, 0.25) is 0 Å². The van der Waals surface area contributed by atoms with Crippen LogP contribution in [0.25, 0.3) is 0 Å². The van der Waals surface area contributed by atoms with Gasteiger partial charge in [-0.15, -0.1) is 0 Å². The van der Waals surface area contributed by atoms with E-state index in [1.54, 1.807) is 33.5 Å². The first-order valence-corrected chi connectivity index (χ1v) is 12.4. The highest BCUT2D eigenvalue weighted by molar-refractivity contribution is 7.89. The zero-order valence-electron chi connectivity index (χ0n) is 18.4. The van der Waals surface area contributed by atoms with Crippen LogP contribution < -0.4 is 4.90 Å². The Bertz CT molecular complexity index is 1130. The lowest BCUT2D eigenvalue weighted by molar-refractivity contribution is 0.0599. The van der Waals surface area contributed by atoms with Gasteiger partial charge >= 0.3 is 5.97 Å². The van der Waals surface area contributed by atoms with Crippen molar-refractivity contribution in [3.8, 4) is 0 Å². The second-order valence-electron chi connectivity index (χ2n) is 8.34. The van der Waals surface area contributed by atoms with E-state index in [2.05, 4.69) is 0 Å². The number of sulfonamides is 1. The minimum atomic E-state index is -3.59. The van der Waals surface area contributed by atoms with Crippen LogP contribution in [0.5, 0.6) is 0 Å². The molecule has 2 aliphatic rings. The summed E-state index contributed by atoms with van der Waals surface area (Å²) in [6.45, 7) is 2.99. The van der Waals surface area contributed by atoms with E-state index in [1.807, 2.05) is 13.0 Å². The van der Waals surface area contributed by atoms with Gasteiger partial charge < -0.3 is 9.64 Å². The second kappa shape index (κ2) is 9.03. The zero-order valence-corrected chi connectivity index (χ0v) is 19.2. The van der Waals surface area contributed by atoms with Crippen molar-refractivity contribution in [3.63, 3.8) is 0 Å². The van der Waals surface area contributed by atoms with Crippen molar-refractivity contribution in [2.24, 2.45) is 0 Å². The molecule has 2 aromatic rings. The number of piperidine rings is 1. The van der Waals surface area contributed by atoms with Gasteiger partial charge in [0.2, 0.25) is 10.0 Å². The number of anilines is 1. The SMILES string of the molecule is COC(=O)c1cccc2c1CCCN2C(=O)c1ccc(S(=O)(=O)N2CCCC[C@@H]2C)cc1. The Kier molecular flexibility index (Phi) is 6.35. The topological polar surface area (TPSA) is 84.0 Å². The van der Waals surface area contributed by atoms with Crippen LogP contribution in [0.3, 0.4) is 0 Å². The molecule has 1 saturated heterocycles. The number of carbonyl (C=O) groups is 2. The molecule has 0 bridgehead atoms. The molecule has 4 rings (SSSR count). The van der Waals surface area contributed by atoms with Crippen molar-refractivity contribution in [1.29, 1.82) is 0 Å². The Morgan fingerprint density at radius 1 is 1.00 bits per heavy atom. The molecule has 32 heavy (non-hydrogen) atoms. The summed E-state index contributed by atoms with van der Waals surface area (Å²) in [7, 11) is -2.25. The van der Waals surface area contributed by atoms with E-state index in [1.165, 1.54) is 19.2 Å². The number of nitrogens with zero attached hydrogens (tertiary/aromatic N) is 2. The summed E-state index contributed by atoms with van der Waals surface area (Å²) in [5.74, 6) is -0.638. The smallest absolute Gasteiger partial charge is 0.338 e. The van der Waals surface area contributed by atoms with Crippen LogP contribution in [0.1, 0.15) is 58.9 Å². The summed E-state index contributed by atoms with van der Waals surface area (Å²) < 4.78 is 32.6. The molecule has 1 fully saturated rings. The summed E-state index contributed by atoms with van der Waals surface area (Å²) in [5.41, 5.74) is 2.38. The van der Waals surface area contributed by atoms with Gasteiger partial charge in [-0.3, -0.25) is 4.79 Å². The fraction of sp³-hybridized carbons (Fsp3) is 0.417. The maximum Gasteiger partial charge on any atom is 0.338 e. The van der Waals surface area contributed by atoms with E-state index >= 15 is 0 Å². The molecule has 1 amide bonds. The molecule has 0 radical (unpaired) electrons. The van der Waals surface area contributed by atoms with Gasteiger partial charge in [-0.05, 0) is 74.6 Å². The third-order valence-corrected chi connectivity index (χ3v) is 8.38. The van der Waals surface area contributed by atoms with Crippen LogP contribution >= 0.6 is 0 Å². The number of ether oxygens (including phenoxy) is 1. The van der Waals surface area contributed by atoms with Gasteiger partial charge in [-0.2, -0.15) is 4.31 Å². The number of fused-ring (bicyclic) bond motifs is 1. The molecule has 0 N–H and O–H groups in total. The number of hydrogen-bond donors (Lipinski definition) is 0. The number of methoxy groups -OCH3 is 1. The van der Waals surface area contributed by atoms with E-state index < -0.39 is 16.0 Å². The molecule has 170 valence electrons. The minimum absolute atomic E-state index is 0.0242. The molecular formula is C24H28N2O5S. The lowest BCUT2D eigenvalue weighted by atomic mass is 9.95. The van der Waals surface area contributed by atoms with E-state index in [0.29, 0.717) is 36.3 Å². The van der Waals surface area contributed by atoms with Gasteiger partial charge in [0.05, 0.1) is 17.6 Å². The molecular weight excluding hydrogens is 428 g/mol. The Labute approximate surface area is 189 Å². The number of esters is 1. The van der Waals surface area contributed by atoms with Crippen molar-refractivity contribution < 1.29 is 22.7 Å². The predicted molar refractivity (Wildman–Crippen MR) is 121 cm³/mol. The maximum atomic E-state index is 13.3. The molecule has 0 aromatic heterocycles. The van der Waals surface area contributed by atoms with Crippen LogP contribution in [-0.4, -0.2) is 50.8 Å². The van der Waals surface area contributed by atoms with Gasteiger partial charge in [0, 0.05) is 30.4 Å². The second-order valence-corrected chi connectivity index (χ2v) is 10.2. The van der Waals surface area contributed by atoms with Gasteiger partial charge in [-0.25, -0.2) is 13.2 Å². The van der Waals surface area contributed by atoms with Crippen molar-refractivity contribution in [3.05, 3.63) is 59.2 Å². The summed E-state index contributed by atoms with van der Waals surface area (Å²) in [6.07, 6.45) is 4.18. The Morgan fingerprint density at radius 2 is 1.75 bits per heavy atom. The molecule has 2 heterocycles. The van der Waals surface area contributed by atoms with E-state index in [9.17, 15) is 18.0 Å². The average molecular weight is 457 g/mol. The minimum Gasteiger partial charge on any atom is -0.465 e. The van der Waals surface area contributed by atoms with Crippen LogP contribution in [-0.2, 0) is 21.2 Å². The first-order chi connectivity index (χ1) is 15.3. The van der Waals surface area contributed by atoms with Crippen molar-refractivity contribution >= 4 is 27.6 Å². The lowest BCUT2D eigenvalue weighted by Crippen LogP contribution is -2.41. The Balaban J connectivity index is 1.60. The average Bonchev–Trinajstić information content (AvgIpc) is 2.82. The fourth-order valence-corrected chi connectivity index (χ4v) is 6.33. The molecule has 2 aromatic carbocycles. The monoisotopic (exact) mass is 456 g/mol. The van der Waals surface area contributed by atoms with Crippen LogP contribution in [0.15, 0.2) is 47.4 Å². The summed E-state index contributed by atoms with van der Waals surface area (Å²) in [5, 5.41) is 0. The number of hydrogen-bond acceptors (Lipinski definition) is 5. The summed E-state index contributed by atoms with van der Waals surface area (Å²) in [6, 6.07) is 11.4. The van der Waals surface area contributed by atoms with Gasteiger partial charge in [0.25, 0.3) is 5.91 Å². The number of benzene rings is 2. The maximum absolute atomic E-state index is 13.3. The van der Waals surface area contributed by atoms with Gasteiger partial charge in [0.15, 0.2) is 0 Å². The molecule has 2 aliphatic heterocycles. The van der Waals surface area contributed by atoms with E-state index in [-0.39, 0.29) is 16.8 Å².